The molecular weight excluding hydrogens is 436 g/mol. The molecule has 0 spiro atoms. The molecule has 0 bridgehead atoms. The van der Waals surface area contributed by atoms with Crippen LogP contribution in [0.15, 0.2) is 30.3 Å². The fourth-order valence-corrected chi connectivity index (χ4v) is 2.76. The molecule has 0 aliphatic rings. The van der Waals surface area contributed by atoms with Gasteiger partial charge < -0.3 is 24.8 Å². The number of tetrazole rings is 1. The van der Waals surface area contributed by atoms with Crippen LogP contribution in [-0.2, 0) is 48.2 Å². The largest absolute Gasteiger partial charge is 0.467 e. The Hall–Kier alpha value is -4.03. The van der Waals surface area contributed by atoms with Crippen LogP contribution in [0.25, 0.3) is 0 Å². The van der Waals surface area contributed by atoms with Crippen molar-refractivity contribution >= 4 is 23.9 Å². The standard InChI is InChI=1S/C20H26N6O7/c1-13(18(28)31-2)21-17(27)11-26-16(23-24-25-26)10-9-15(19(29)32-3)22-20(30)33-12-14-7-5-4-6-8-14/h4-8,13,15H,9-12H2,1-3H3,(H,21,27)(H,22,30)/t13-,15+/m1/s1. The number of benzene rings is 1. The van der Waals surface area contributed by atoms with Gasteiger partial charge in [-0.2, -0.15) is 0 Å². The van der Waals surface area contributed by atoms with Gasteiger partial charge in [-0.05, 0) is 29.3 Å². The SMILES string of the molecule is COC(=O)[C@H](CCc1nnnn1CC(=O)N[C@H](C)C(=O)OC)NC(=O)OCc1ccccc1. The third-order valence-electron chi connectivity index (χ3n) is 4.48. The van der Waals surface area contributed by atoms with Gasteiger partial charge in [0.05, 0.1) is 14.2 Å². The molecule has 1 aromatic heterocycles. The van der Waals surface area contributed by atoms with Crippen molar-refractivity contribution in [2.45, 2.75) is 45.0 Å². The van der Waals surface area contributed by atoms with Gasteiger partial charge in [-0.15, -0.1) is 5.10 Å². The number of amides is 2. The molecule has 2 rings (SSSR count). The molecule has 0 fully saturated rings. The number of aryl methyl sites for hydroxylation is 1. The maximum absolute atomic E-state index is 12.1. The van der Waals surface area contributed by atoms with E-state index in [0.29, 0.717) is 5.82 Å². The summed E-state index contributed by atoms with van der Waals surface area (Å²) in [4.78, 5) is 47.8. The molecule has 13 nitrogen and oxygen atoms in total. The van der Waals surface area contributed by atoms with Gasteiger partial charge in [0, 0.05) is 6.42 Å². The molecule has 1 aromatic carbocycles. The van der Waals surface area contributed by atoms with E-state index in [9.17, 15) is 19.2 Å². The van der Waals surface area contributed by atoms with E-state index in [4.69, 9.17) is 9.47 Å². The zero-order valence-corrected chi connectivity index (χ0v) is 18.5. The molecule has 2 aromatic rings. The number of carbonyl (C=O) groups is 4. The average Bonchev–Trinajstić information content (AvgIpc) is 3.26. The second kappa shape index (κ2) is 12.7. The second-order valence-electron chi connectivity index (χ2n) is 6.89. The lowest BCUT2D eigenvalue weighted by atomic mass is 10.1. The third kappa shape index (κ3) is 8.20. The molecule has 13 heteroatoms. The predicted octanol–water partition coefficient (Wildman–Crippen LogP) is -0.249. The smallest absolute Gasteiger partial charge is 0.408 e. The van der Waals surface area contributed by atoms with Gasteiger partial charge in [0.25, 0.3) is 0 Å². The Morgan fingerprint density at radius 2 is 1.73 bits per heavy atom. The van der Waals surface area contributed by atoms with Crippen molar-refractivity contribution in [2.75, 3.05) is 14.2 Å². The molecule has 178 valence electrons. The van der Waals surface area contributed by atoms with Crippen LogP contribution in [0.1, 0.15) is 24.7 Å². The first-order valence-corrected chi connectivity index (χ1v) is 10.0. The normalized spacial score (nSPS) is 12.2. The summed E-state index contributed by atoms with van der Waals surface area (Å²) in [6.07, 6.45) is -0.552. The van der Waals surface area contributed by atoms with E-state index in [2.05, 4.69) is 30.9 Å². The Balaban J connectivity index is 1.91. The van der Waals surface area contributed by atoms with E-state index in [0.717, 1.165) is 5.56 Å². The summed E-state index contributed by atoms with van der Waals surface area (Å²) in [5.74, 6) is -1.47. The van der Waals surface area contributed by atoms with Gasteiger partial charge in [-0.25, -0.2) is 19.1 Å². The number of esters is 2. The Kier molecular flexibility index (Phi) is 9.74. The number of rotatable bonds is 11. The first-order chi connectivity index (χ1) is 15.8. The van der Waals surface area contributed by atoms with Gasteiger partial charge in [0.2, 0.25) is 5.91 Å². The Bertz CT molecular complexity index is 949. The van der Waals surface area contributed by atoms with Crippen molar-refractivity contribution in [1.29, 1.82) is 0 Å². The van der Waals surface area contributed by atoms with Crippen LogP contribution in [0.4, 0.5) is 4.79 Å². The van der Waals surface area contributed by atoms with Crippen LogP contribution >= 0.6 is 0 Å². The lowest BCUT2D eigenvalue weighted by Crippen LogP contribution is -2.42. The van der Waals surface area contributed by atoms with Gasteiger partial charge >= 0.3 is 18.0 Å². The van der Waals surface area contributed by atoms with Gasteiger partial charge in [0.1, 0.15) is 25.2 Å². The van der Waals surface area contributed by atoms with Crippen LogP contribution in [0.2, 0.25) is 0 Å². The number of aromatic nitrogens is 4. The molecular formula is C20H26N6O7. The number of nitrogens with zero attached hydrogens (tertiary/aromatic N) is 4. The Labute approximate surface area is 189 Å². The maximum atomic E-state index is 12.1. The molecule has 0 radical (unpaired) electrons. The van der Waals surface area contributed by atoms with Crippen molar-refractivity contribution in [1.82, 2.24) is 30.8 Å². The highest BCUT2D eigenvalue weighted by atomic mass is 16.6. The Morgan fingerprint density at radius 3 is 2.39 bits per heavy atom. The number of hydrogen-bond acceptors (Lipinski definition) is 10. The summed E-state index contributed by atoms with van der Waals surface area (Å²) in [6, 6.07) is 7.21. The summed E-state index contributed by atoms with van der Waals surface area (Å²) in [7, 11) is 2.41. The highest BCUT2D eigenvalue weighted by Gasteiger charge is 2.24. The fraction of sp³-hybridized carbons (Fsp3) is 0.450. The minimum absolute atomic E-state index is 0.0396. The number of alkyl carbamates (subject to hydrolysis) is 1. The minimum atomic E-state index is -1.02. The van der Waals surface area contributed by atoms with Crippen LogP contribution in [0.5, 0.6) is 0 Å². The zero-order valence-electron chi connectivity index (χ0n) is 18.5. The van der Waals surface area contributed by atoms with E-state index in [1.807, 2.05) is 18.2 Å². The van der Waals surface area contributed by atoms with Crippen molar-refractivity contribution < 1.29 is 33.4 Å². The highest BCUT2D eigenvalue weighted by Crippen LogP contribution is 2.06. The summed E-state index contributed by atoms with van der Waals surface area (Å²) in [5.41, 5.74) is 0.793. The quantitative estimate of drug-likeness (QED) is 0.336. The molecule has 0 saturated heterocycles. The molecule has 0 saturated carbocycles. The van der Waals surface area contributed by atoms with Crippen molar-refractivity contribution in [3.8, 4) is 0 Å². The summed E-state index contributed by atoms with van der Waals surface area (Å²) in [5, 5.41) is 16.1. The number of nitrogens with one attached hydrogen (secondary N) is 2. The Morgan fingerprint density at radius 1 is 1.03 bits per heavy atom. The molecule has 0 unspecified atom stereocenters. The van der Waals surface area contributed by atoms with Gasteiger partial charge in [-0.3, -0.25) is 4.79 Å². The van der Waals surface area contributed by atoms with Gasteiger partial charge in [-0.1, -0.05) is 30.3 Å². The molecule has 0 aliphatic heterocycles. The number of ether oxygens (including phenoxy) is 3. The minimum Gasteiger partial charge on any atom is -0.467 e. The van der Waals surface area contributed by atoms with E-state index in [-0.39, 0.29) is 26.0 Å². The predicted molar refractivity (Wildman–Crippen MR) is 111 cm³/mol. The summed E-state index contributed by atoms with van der Waals surface area (Å²) < 4.78 is 15.7. The van der Waals surface area contributed by atoms with Crippen LogP contribution in [0, 0.1) is 0 Å². The molecule has 2 atom stereocenters. The lowest BCUT2D eigenvalue weighted by molar-refractivity contribution is -0.144. The average molecular weight is 462 g/mol. The summed E-state index contributed by atoms with van der Waals surface area (Å²) in [6.45, 7) is 1.27. The van der Waals surface area contributed by atoms with E-state index >= 15 is 0 Å². The molecule has 33 heavy (non-hydrogen) atoms. The second-order valence-corrected chi connectivity index (χ2v) is 6.89. The number of carbonyl (C=O) groups excluding carboxylic acids is 4. The number of hydrogen-bond donors (Lipinski definition) is 2. The van der Waals surface area contributed by atoms with Gasteiger partial charge in [0.15, 0.2) is 5.82 Å². The van der Waals surface area contributed by atoms with Crippen LogP contribution in [0.3, 0.4) is 0 Å². The van der Waals surface area contributed by atoms with Crippen molar-refractivity contribution in [3.63, 3.8) is 0 Å². The lowest BCUT2D eigenvalue weighted by Gasteiger charge is -2.16. The molecule has 2 amide bonds. The van der Waals surface area contributed by atoms with E-state index in [1.165, 1.54) is 25.8 Å². The monoisotopic (exact) mass is 462 g/mol. The maximum Gasteiger partial charge on any atom is 0.408 e. The van der Waals surface area contributed by atoms with Crippen molar-refractivity contribution in [3.05, 3.63) is 41.7 Å². The topological polar surface area (TPSA) is 164 Å². The van der Waals surface area contributed by atoms with E-state index in [1.54, 1.807) is 12.1 Å². The molecule has 2 N–H and O–H groups in total. The highest BCUT2D eigenvalue weighted by molar-refractivity contribution is 5.84. The fourth-order valence-electron chi connectivity index (χ4n) is 2.76. The van der Waals surface area contributed by atoms with Crippen LogP contribution in [-0.4, -0.2) is 70.4 Å². The first kappa shape index (κ1) is 25.2. The summed E-state index contributed by atoms with van der Waals surface area (Å²) >= 11 is 0. The zero-order chi connectivity index (χ0) is 24.2. The van der Waals surface area contributed by atoms with Crippen LogP contribution < -0.4 is 10.6 Å². The first-order valence-electron chi connectivity index (χ1n) is 10.0. The van der Waals surface area contributed by atoms with Crippen molar-refractivity contribution in [2.24, 2.45) is 0 Å². The third-order valence-corrected chi connectivity index (χ3v) is 4.48. The van der Waals surface area contributed by atoms with E-state index < -0.39 is 36.0 Å². The molecule has 0 aliphatic carbocycles. The number of methoxy groups -OCH3 is 2. The molecule has 1 heterocycles.